The Morgan fingerprint density at radius 3 is 2.49 bits per heavy atom. The molecule has 1 saturated carbocycles. The third-order valence-electron chi connectivity index (χ3n) is 5.25. The Kier molecular flexibility index (Phi) is 8.92. The molecule has 1 amide bonds. The second-order valence-electron chi connectivity index (χ2n) is 7.92. The molecule has 3 rings (SSSR count). The van der Waals surface area contributed by atoms with Crippen LogP contribution in [0, 0.1) is 5.92 Å². The predicted molar refractivity (Wildman–Crippen MR) is 134 cm³/mol. The second-order valence-corrected chi connectivity index (χ2v) is 8.66. The van der Waals surface area contributed by atoms with Gasteiger partial charge < -0.3 is 20.5 Å². The summed E-state index contributed by atoms with van der Waals surface area (Å²) in [5.41, 5.74) is 6.58. The lowest BCUT2D eigenvalue weighted by molar-refractivity contribution is -0.137. The summed E-state index contributed by atoms with van der Waals surface area (Å²) in [5, 5.41) is 4.25. The Hall–Kier alpha value is -3.33. The highest BCUT2D eigenvalue weighted by atomic mass is 32.2. The number of hydrogen-bond donors (Lipinski definition) is 2. The number of ether oxygens (including phenoxy) is 2. The van der Waals surface area contributed by atoms with Crippen LogP contribution in [0.15, 0.2) is 65.8 Å². The molecule has 0 radical (unpaired) electrons. The highest BCUT2D eigenvalue weighted by molar-refractivity contribution is 8.01. The van der Waals surface area contributed by atoms with Crippen molar-refractivity contribution in [2.45, 2.75) is 19.0 Å². The minimum Gasteiger partial charge on any atom is -0.493 e. The fourth-order valence-corrected chi connectivity index (χ4v) is 3.38. The molecule has 0 aliphatic heterocycles. The molecule has 0 heterocycles. The standard InChI is InChI=1S/C26H27F3N2O3S/c1-33-23-15-17(6-12-22(23)34-16-18-3-4-18)5-11-21(30)24(25(32)31-13-14-35-2)19-7-9-20(10-8-19)26(27,28)29/h5-15,18H,3-4,16,30H2,1-2H3,(H,31,32)/b11-5+,14-13-,24-21-. The average molecular weight is 505 g/mol. The maximum atomic E-state index is 13.0. The molecule has 2 aromatic rings. The first kappa shape index (κ1) is 26.3. The van der Waals surface area contributed by atoms with Gasteiger partial charge in [0, 0.05) is 11.9 Å². The van der Waals surface area contributed by atoms with Crippen LogP contribution >= 0.6 is 11.8 Å². The molecule has 0 unspecified atom stereocenters. The van der Waals surface area contributed by atoms with E-state index >= 15 is 0 Å². The van der Waals surface area contributed by atoms with Gasteiger partial charge in [0.15, 0.2) is 11.5 Å². The van der Waals surface area contributed by atoms with E-state index in [0.29, 0.717) is 24.0 Å². The van der Waals surface area contributed by atoms with E-state index in [0.717, 1.165) is 17.7 Å². The third kappa shape index (κ3) is 7.58. The monoisotopic (exact) mass is 504 g/mol. The first-order valence-corrected chi connectivity index (χ1v) is 12.2. The largest absolute Gasteiger partial charge is 0.493 e. The molecular weight excluding hydrogens is 477 g/mol. The minimum absolute atomic E-state index is 0.0529. The SMILES string of the molecule is COc1cc(/C=C/C(N)=C(/C(=O)N/C=C\SC)c2ccc(C(F)(F)F)cc2)ccc1OCC1CC1. The molecule has 0 bridgehead atoms. The van der Waals surface area contributed by atoms with E-state index in [-0.39, 0.29) is 16.8 Å². The maximum absolute atomic E-state index is 13.0. The van der Waals surface area contributed by atoms with Crippen LogP contribution in [0.4, 0.5) is 13.2 Å². The summed E-state index contributed by atoms with van der Waals surface area (Å²) >= 11 is 1.38. The number of carbonyl (C=O) groups excluding carboxylic acids is 1. The number of carbonyl (C=O) groups is 1. The van der Waals surface area contributed by atoms with Crippen molar-refractivity contribution in [3.63, 3.8) is 0 Å². The highest BCUT2D eigenvalue weighted by Gasteiger charge is 2.30. The van der Waals surface area contributed by atoms with Gasteiger partial charge in [0.05, 0.1) is 24.9 Å². The van der Waals surface area contributed by atoms with Crippen LogP contribution in [0.5, 0.6) is 11.5 Å². The van der Waals surface area contributed by atoms with Crippen molar-refractivity contribution >= 4 is 29.3 Å². The lowest BCUT2D eigenvalue weighted by atomic mass is 10.0. The van der Waals surface area contributed by atoms with Crippen molar-refractivity contribution in [3.8, 4) is 11.5 Å². The van der Waals surface area contributed by atoms with E-state index in [2.05, 4.69) is 5.32 Å². The van der Waals surface area contributed by atoms with Crippen molar-refractivity contribution in [2.24, 2.45) is 11.7 Å². The Labute approximate surface area is 206 Å². The van der Waals surface area contributed by atoms with Gasteiger partial charge in [-0.05, 0) is 71.9 Å². The first-order chi connectivity index (χ1) is 16.7. The summed E-state index contributed by atoms with van der Waals surface area (Å²) in [6.45, 7) is 0.651. The Bertz CT molecular complexity index is 1120. The molecule has 2 aromatic carbocycles. The third-order valence-corrected chi connectivity index (χ3v) is 5.66. The number of rotatable bonds is 10. The van der Waals surface area contributed by atoms with Crippen LogP contribution in [0.25, 0.3) is 11.6 Å². The number of halogens is 3. The van der Waals surface area contributed by atoms with Crippen molar-refractivity contribution in [3.05, 3.63) is 82.5 Å². The Morgan fingerprint density at radius 1 is 1.17 bits per heavy atom. The van der Waals surface area contributed by atoms with E-state index in [1.165, 1.54) is 49.0 Å². The summed E-state index contributed by atoms with van der Waals surface area (Å²) < 4.78 is 50.2. The molecule has 1 aliphatic carbocycles. The van der Waals surface area contributed by atoms with Gasteiger partial charge in [-0.1, -0.05) is 24.3 Å². The zero-order valence-corrected chi connectivity index (χ0v) is 20.2. The van der Waals surface area contributed by atoms with E-state index in [1.54, 1.807) is 30.7 Å². The number of thioether (sulfide) groups is 1. The first-order valence-electron chi connectivity index (χ1n) is 10.9. The number of amides is 1. The molecule has 0 aromatic heterocycles. The van der Waals surface area contributed by atoms with Crippen molar-refractivity contribution in [1.29, 1.82) is 0 Å². The summed E-state index contributed by atoms with van der Waals surface area (Å²) in [4.78, 5) is 12.8. The molecule has 0 saturated heterocycles. The molecule has 186 valence electrons. The second kappa shape index (κ2) is 11.9. The molecule has 1 aliphatic rings. The van der Waals surface area contributed by atoms with Crippen molar-refractivity contribution in [2.75, 3.05) is 20.0 Å². The quantitative estimate of drug-likeness (QED) is 0.314. The maximum Gasteiger partial charge on any atom is 0.416 e. The number of methoxy groups -OCH3 is 1. The number of hydrogen-bond acceptors (Lipinski definition) is 5. The summed E-state index contributed by atoms with van der Waals surface area (Å²) in [7, 11) is 1.55. The minimum atomic E-state index is -4.48. The average Bonchev–Trinajstić information content (AvgIpc) is 3.66. The predicted octanol–water partition coefficient (Wildman–Crippen LogP) is 5.84. The van der Waals surface area contributed by atoms with Crippen LogP contribution in [0.1, 0.15) is 29.5 Å². The van der Waals surface area contributed by atoms with Crippen LogP contribution in [-0.4, -0.2) is 25.9 Å². The Balaban J connectivity index is 1.89. The zero-order chi connectivity index (χ0) is 25.4. The summed E-state index contributed by atoms with van der Waals surface area (Å²) in [6, 6.07) is 9.71. The topological polar surface area (TPSA) is 73.6 Å². The van der Waals surface area contributed by atoms with E-state index in [4.69, 9.17) is 15.2 Å². The highest BCUT2D eigenvalue weighted by Crippen LogP contribution is 2.34. The summed E-state index contributed by atoms with van der Waals surface area (Å²) in [5.74, 6) is 1.27. The normalized spacial score (nSPS) is 14.8. The van der Waals surface area contributed by atoms with E-state index in [1.807, 2.05) is 12.3 Å². The van der Waals surface area contributed by atoms with Gasteiger partial charge in [-0.3, -0.25) is 4.79 Å². The van der Waals surface area contributed by atoms with Gasteiger partial charge in [0.2, 0.25) is 0 Å². The van der Waals surface area contributed by atoms with Crippen LogP contribution in [0.3, 0.4) is 0 Å². The lowest BCUT2D eigenvalue weighted by Crippen LogP contribution is -2.21. The van der Waals surface area contributed by atoms with Gasteiger partial charge in [-0.2, -0.15) is 13.2 Å². The smallest absolute Gasteiger partial charge is 0.416 e. The molecule has 0 spiro atoms. The number of nitrogens with one attached hydrogen (secondary N) is 1. The van der Waals surface area contributed by atoms with Gasteiger partial charge >= 0.3 is 6.18 Å². The van der Waals surface area contributed by atoms with Crippen LogP contribution in [-0.2, 0) is 11.0 Å². The number of alkyl halides is 3. The molecular formula is C26H27F3N2O3S. The zero-order valence-electron chi connectivity index (χ0n) is 19.4. The summed E-state index contributed by atoms with van der Waals surface area (Å²) in [6.07, 6.45) is 4.36. The molecule has 0 atom stereocenters. The molecule has 35 heavy (non-hydrogen) atoms. The lowest BCUT2D eigenvalue weighted by Gasteiger charge is -2.12. The van der Waals surface area contributed by atoms with Gasteiger partial charge in [-0.15, -0.1) is 11.8 Å². The fraction of sp³-hybridized carbons (Fsp3) is 0.269. The van der Waals surface area contributed by atoms with Crippen molar-refractivity contribution in [1.82, 2.24) is 5.32 Å². The van der Waals surface area contributed by atoms with E-state index < -0.39 is 17.6 Å². The van der Waals surface area contributed by atoms with Gasteiger partial charge in [0.1, 0.15) is 0 Å². The number of nitrogens with two attached hydrogens (primary N) is 1. The van der Waals surface area contributed by atoms with Crippen LogP contribution in [0.2, 0.25) is 0 Å². The number of benzene rings is 2. The molecule has 5 nitrogen and oxygen atoms in total. The molecule has 1 fully saturated rings. The molecule has 9 heteroatoms. The molecule has 3 N–H and O–H groups in total. The van der Waals surface area contributed by atoms with E-state index in [9.17, 15) is 18.0 Å². The van der Waals surface area contributed by atoms with Gasteiger partial charge in [0.25, 0.3) is 5.91 Å². The number of allylic oxidation sites excluding steroid dienone is 1. The van der Waals surface area contributed by atoms with Crippen molar-refractivity contribution < 1.29 is 27.4 Å². The Morgan fingerprint density at radius 2 is 1.89 bits per heavy atom. The van der Waals surface area contributed by atoms with Crippen LogP contribution < -0.4 is 20.5 Å². The van der Waals surface area contributed by atoms with Gasteiger partial charge in [-0.25, -0.2) is 0 Å². The fourth-order valence-electron chi connectivity index (χ4n) is 3.17.